The smallest absolute Gasteiger partial charge is 0.383 e. The number of ether oxygens (including phenoxy) is 3. The molecule has 0 radical (unpaired) electrons. The van der Waals surface area contributed by atoms with E-state index in [-0.39, 0.29) is 5.75 Å². The third-order valence-corrected chi connectivity index (χ3v) is 6.75. The highest BCUT2D eigenvalue weighted by atomic mass is 16.5. The van der Waals surface area contributed by atoms with E-state index in [2.05, 4.69) is 58.9 Å². The zero-order chi connectivity index (χ0) is 29.0. The average molecular weight is 553 g/mol. The van der Waals surface area contributed by atoms with Crippen LogP contribution >= 0.6 is 0 Å². The van der Waals surface area contributed by atoms with Crippen molar-refractivity contribution in [1.29, 1.82) is 0 Å². The van der Waals surface area contributed by atoms with Crippen LogP contribution in [-0.4, -0.2) is 19.8 Å². The van der Waals surface area contributed by atoms with Crippen LogP contribution in [0.25, 0.3) is 11.0 Å². The maximum Gasteiger partial charge on any atom is 0.383 e. The van der Waals surface area contributed by atoms with Crippen LogP contribution in [0.5, 0.6) is 17.2 Å². The summed E-state index contributed by atoms with van der Waals surface area (Å²) in [6, 6.07) is 5.63. The molecule has 0 aliphatic rings. The SMILES string of the molecule is CCC=CCCOc1c(OCCCCCCCCCC)c2cccc(OC/C=C(\C)CCC=C(C)C)c2oc1=O. The van der Waals surface area contributed by atoms with Gasteiger partial charge in [-0.3, -0.25) is 0 Å². The van der Waals surface area contributed by atoms with E-state index in [4.69, 9.17) is 18.6 Å². The number of rotatable bonds is 21. The molecule has 0 aliphatic heterocycles. The Morgan fingerprint density at radius 3 is 2.25 bits per heavy atom. The van der Waals surface area contributed by atoms with Crippen molar-refractivity contribution in [1.82, 2.24) is 0 Å². The van der Waals surface area contributed by atoms with Crippen LogP contribution in [0.4, 0.5) is 0 Å². The molecule has 5 nitrogen and oxygen atoms in total. The highest BCUT2D eigenvalue weighted by Crippen LogP contribution is 2.37. The lowest BCUT2D eigenvalue weighted by Crippen LogP contribution is -2.12. The van der Waals surface area contributed by atoms with Gasteiger partial charge in [0.25, 0.3) is 0 Å². The molecule has 40 heavy (non-hydrogen) atoms. The van der Waals surface area contributed by atoms with Crippen LogP contribution in [0.2, 0.25) is 0 Å². The molecule has 1 aromatic carbocycles. The minimum absolute atomic E-state index is 0.143. The minimum atomic E-state index is -0.539. The second kappa shape index (κ2) is 20.0. The summed E-state index contributed by atoms with van der Waals surface area (Å²) in [6.45, 7) is 12.0. The lowest BCUT2D eigenvalue weighted by atomic mass is 10.1. The van der Waals surface area contributed by atoms with Crippen LogP contribution in [-0.2, 0) is 0 Å². The molecule has 2 rings (SSSR count). The van der Waals surface area contributed by atoms with Crippen molar-refractivity contribution < 1.29 is 18.6 Å². The van der Waals surface area contributed by atoms with Crippen molar-refractivity contribution >= 4 is 11.0 Å². The van der Waals surface area contributed by atoms with Crippen LogP contribution in [0.3, 0.4) is 0 Å². The Labute approximate surface area is 242 Å². The molecule has 0 N–H and O–H groups in total. The fourth-order valence-electron chi connectivity index (χ4n) is 4.42. The van der Waals surface area contributed by atoms with E-state index in [9.17, 15) is 4.79 Å². The van der Waals surface area contributed by atoms with Crippen molar-refractivity contribution in [3.05, 3.63) is 64.1 Å². The Morgan fingerprint density at radius 1 is 0.800 bits per heavy atom. The topological polar surface area (TPSA) is 57.9 Å². The van der Waals surface area contributed by atoms with Gasteiger partial charge in [-0.1, -0.05) is 94.2 Å². The molecule has 0 saturated carbocycles. The van der Waals surface area contributed by atoms with Gasteiger partial charge in [0, 0.05) is 0 Å². The monoisotopic (exact) mass is 552 g/mol. The van der Waals surface area contributed by atoms with Gasteiger partial charge in [-0.15, -0.1) is 0 Å². The molecule has 1 aromatic heterocycles. The lowest BCUT2D eigenvalue weighted by molar-refractivity contribution is 0.257. The van der Waals surface area contributed by atoms with E-state index in [0.717, 1.165) is 32.1 Å². The van der Waals surface area contributed by atoms with Gasteiger partial charge >= 0.3 is 5.63 Å². The third-order valence-electron chi connectivity index (χ3n) is 6.75. The highest BCUT2D eigenvalue weighted by molar-refractivity contribution is 5.89. The Kier molecular flexibility index (Phi) is 16.6. The minimum Gasteiger partial charge on any atom is -0.489 e. The van der Waals surface area contributed by atoms with Gasteiger partial charge in [0.15, 0.2) is 17.1 Å². The number of para-hydroxylation sites is 1. The lowest BCUT2D eigenvalue weighted by Gasteiger charge is -2.15. The summed E-state index contributed by atoms with van der Waals surface area (Å²) >= 11 is 0. The van der Waals surface area contributed by atoms with Gasteiger partial charge in [0.1, 0.15) is 6.61 Å². The zero-order valence-electron chi connectivity index (χ0n) is 25.7. The molecule has 0 amide bonds. The third kappa shape index (κ3) is 12.5. The Morgan fingerprint density at radius 2 is 1.52 bits per heavy atom. The standard InChI is InChI=1S/C35H52O5/c1-6-8-10-12-13-14-15-17-25-38-33-30-22-19-23-31(37-27-24-29(5)21-18-20-28(3)4)32(30)40-35(36)34(33)39-26-16-11-9-7-2/h9,11,19-20,22-24H,6-8,10,12-18,21,25-27H2,1-5H3/b11-9?,29-24+. The van der Waals surface area contributed by atoms with Crippen molar-refractivity contribution in [3.8, 4) is 17.2 Å². The first-order valence-corrected chi connectivity index (χ1v) is 15.4. The van der Waals surface area contributed by atoms with E-state index in [0.29, 0.717) is 48.7 Å². The number of hydrogen-bond donors (Lipinski definition) is 0. The van der Waals surface area contributed by atoms with Crippen LogP contribution in [0.1, 0.15) is 112 Å². The molecule has 0 bridgehead atoms. The summed E-state index contributed by atoms with van der Waals surface area (Å²) in [5.74, 6) is 1.12. The second-order valence-electron chi connectivity index (χ2n) is 10.7. The van der Waals surface area contributed by atoms with E-state index >= 15 is 0 Å². The van der Waals surface area contributed by atoms with Crippen molar-refractivity contribution in [3.63, 3.8) is 0 Å². The first kappa shape index (κ1) is 33.3. The van der Waals surface area contributed by atoms with E-state index < -0.39 is 5.63 Å². The number of hydrogen-bond acceptors (Lipinski definition) is 5. The molecule has 5 heteroatoms. The largest absolute Gasteiger partial charge is 0.489 e. The summed E-state index contributed by atoms with van der Waals surface area (Å²) in [7, 11) is 0. The highest BCUT2D eigenvalue weighted by Gasteiger charge is 2.20. The van der Waals surface area contributed by atoms with Crippen LogP contribution in [0.15, 0.2) is 62.9 Å². The molecule has 0 fully saturated rings. The maximum absolute atomic E-state index is 13.1. The molecule has 2 aromatic rings. The predicted octanol–water partition coefficient (Wildman–Crippen LogP) is 10.1. The summed E-state index contributed by atoms with van der Waals surface area (Å²) in [5.41, 5.74) is 2.45. The maximum atomic E-state index is 13.1. The van der Waals surface area contributed by atoms with Crippen molar-refractivity contribution in [2.75, 3.05) is 19.8 Å². The Hall–Kier alpha value is -2.95. The molecular formula is C35H52O5. The number of benzene rings is 1. The summed E-state index contributed by atoms with van der Waals surface area (Å²) in [4.78, 5) is 13.1. The van der Waals surface area contributed by atoms with E-state index in [1.807, 2.05) is 18.2 Å². The van der Waals surface area contributed by atoms with Crippen LogP contribution < -0.4 is 19.8 Å². The van der Waals surface area contributed by atoms with Gasteiger partial charge in [-0.2, -0.15) is 0 Å². The molecule has 0 spiro atoms. The van der Waals surface area contributed by atoms with Gasteiger partial charge < -0.3 is 18.6 Å². The quantitative estimate of drug-likeness (QED) is 0.0876. The molecule has 0 aliphatic carbocycles. The fourth-order valence-corrected chi connectivity index (χ4v) is 4.42. The average Bonchev–Trinajstić information content (AvgIpc) is 2.93. The number of fused-ring (bicyclic) bond motifs is 1. The first-order chi connectivity index (χ1) is 19.5. The first-order valence-electron chi connectivity index (χ1n) is 15.4. The molecule has 222 valence electrons. The predicted molar refractivity (Wildman–Crippen MR) is 168 cm³/mol. The molecule has 0 saturated heterocycles. The van der Waals surface area contributed by atoms with Gasteiger partial charge in [0.2, 0.25) is 5.75 Å². The number of unbranched alkanes of at least 4 members (excludes halogenated alkanes) is 7. The zero-order valence-corrected chi connectivity index (χ0v) is 25.7. The van der Waals surface area contributed by atoms with E-state index in [1.54, 1.807) is 0 Å². The summed E-state index contributed by atoms with van der Waals surface area (Å²) < 4.78 is 24.0. The normalized spacial score (nSPS) is 11.8. The molecule has 0 unspecified atom stereocenters. The van der Waals surface area contributed by atoms with E-state index in [1.165, 1.54) is 49.7 Å². The summed E-state index contributed by atoms with van der Waals surface area (Å²) in [5, 5.41) is 0.694. The van der Waals surface area contributed by atoms with Crippen molar-refractivity contribution in [2.45, 2.75) is 112 Å². The molecule has 0 atom stereocenters. The van der Waals surface area contributed by atoms with Gasteiger partial charge in [0.05, 0.1) is 18.6 Å². The second-order valence-corrected chi connectivity index (χ2v) is 10.7. The van der Waals surface area contributed by atoms with Gasteiger partial charge in [-0.25, -0.2) is 4.79 Å². The fraction of sp³-hybridized carbons (Fsp3) is 0.571. The Balaban J connectivity index is 2.15. The molecular weight excluding hydrogens is 500 g/mol. The Bertz CT molecular complexity index is 1130. The van der Waals surface area contributed by atoms with Crippen molar-refractivity contribution in [2.24, 2.45) is 0 Å². The summed E-state index contributed by atoms with van der Waals surface area (Å²) in [6.07, 6.45) is 21.9. The molecule has 1 heterocycles. The van der Waals surface area contributed by atoms with Crippen LogP contribution in [0, 0.1) is 0 Å². The van der Waals surface area contributed by atoms with Gasteiger partial charge in [-0.05, 0) is 71.1 Å². The number of allylic oxidation sites excluding steroid dienone is 4.